The molecular weight excluding hydrogens is 196 g/mol. The fraction of sp³-hybridized carbons (Fsp3) is 0.500. The normalized spacial score (nSPS) is 22.1. The molecule has 1 aliphatic carbocycles. The molecule has 0 aromatic heterocycles. The standard InChI is InChI=1S/C14H18N2/c1-2-5-12(6-3-1)14(7-4-8-14)11-13-15-9-10-16-13/h1-3,5-6H,4,7-11H2,(H,15,16). The second-order valence-corrected chi connectivity index (χ2v) is 4.93. The second kappa shape index (κ2) is 3.93. The van der Waals surface area contributed by atoms with Gasteiger partial charge in [0.1, 0.15) is 0 Å². The van der Waals surface area contributed by atoms with E-state index >= 15 is 0 Å². The lowest BCUT2D eigenvalue weighted by atomic mass is 9.62. The van der Waals surface area contributed by atoms with E-state index in [2.05, 4.69) is 40.6 Å². The molecule has 2 aliphatic rings. The Morgan fingerprint density at radius 3 is 2.56 bits per heavy atom. The number of benzene rings is 1. The molecule has 16 heavy (non-hydrogen) atoms. The van der Waals surface area contributed by atoms with E-state index in [-0.39, 0.29) is 0 Å². The van der Waals surface area contributed by atoms with Crippen LogP contribution in [0, 0.1) is 0 Å². The third-order valence-corrected chi connectivity index (χ3v) is 3.95. The molecule has 1 heterocycles. The highest BCUT2D eigenvalue weighted by Crippen LogP contribution is 2.46. The average Bonchev–Trinajstić information content (AvgIpc) is 2.77. The van der Waals surface area contributed by atoms with Crippen LogP contribution < -0.4 is 5.32 Å². The fourth-order valence-electron chi connectivity index (χ4n) is 2.85. The molecule has 84 valence electrons. The SMILES string of the molecule is c1ccc(C2(CC3=NCCN3)CCC2)cc1. The Balaban J connectivity index is 1.83. The van der Waals surface area contributed by atoms with Gasteiger partial charge in [-0.1, -0.05) is 36.8 Å². The first kappa shape index (κ1) is 9.88. The third kappa shape index (κ3) is 1.62. The Hall–Kier alpha value is -1.31. The summed E-state index contributed by atoms with van der Waals surface area (Å²) in [7, 11) is 0. The maximum Gasteiger partial charge on any atom is 0.0973 e. The molecule has 1 aromatic carbocycles. The van der Waals surface area contributed by atoms with Crippen LogP contribution in [0.15, 0.2) is 35.3 Å². The van der Waals surface area contributed by atoms with Gasteiger partial charge in [0.25, 0.3) is 0 Å². The molecule has 0 spiro atoms. The molecule has 1 aromatic rings. The Morgan fingerprint density at radius 2 is 2.00 bits per heavy atom. The van der Waals surface area contributed by atoms with E-state index in [9.17, 15) is 0 Å². The number of hydrogen-bond acceptors (Lipinski definition) is 2. The minimum absolute atomic E-state index is 0.386. The lowest BCUT2D eigenvalue weighted by Gasteiger charge is -2.42. The maximum absolute atomic E-state index is 4.53. The Kier molecular flexibility index (Phi) is 2.43. The van der Waals surface area contributed by atoms with Crippen molar-refractivity contribution < 1.29 is 0 Å². The van der Waals surface area contributed by atoms with Gasteiger partial charge in [-0.2, -0.15) is 0 Å². The van der Waals surface area contributed by atoms with E-state index in [1.54, 1.807) is 0 Å². The number of rotatable bonds is 3. The summed E-state index contributed by atoms with van der Waals surface area (Å²) in [6.07, 6.45) is 5.11. The maximum atomic E-state index is 4.53. The molecule has 0 unspecified atom stereocenters. The molecule has 2 nitrogen and oxygen atoms in total. The van der Waals surface area contributed by atoms with Gasteiger partial charge in [-0.05, 0) is 18.4 Å². The summed E-state index contributed by atoms with van der Waals surface area (Å²) in [5, 5.41) is 3.40. The van der Waals surface area contributed by atoms with Gasteiger partial charge < -0.3 is 5.32 Å². The number of nitrogens with one attached hydrogen (secondary N) is 1. The smallest absolute Gasteiger partial charge is 0.0973 e. The van der Waals surface area contributed by atoms with E-state index in [0.717, 1.165) is 19.5 Å². The number of hydrogen-bond donors (Lipinski definition) is 1. The highest BCUT2D eigenvalue weighted by atomic mass is 15.1. The van der Waals surface area contributed by atoms with Gasteiger partial charge in [0.05, 0.1) is 12.4 Å². The monoisotopic (exact) mass is 214 g/mol. The van der Waals surface area contributed by atoms with E-state index in [1.165, 1.54) is 30.7 Å². The van der Waals surface area contributed by atoms with Crippen LogP contribution in [0.1, 0.15) is 31.2 Å². The predicted molar refractivity (Wildman–Crippen MR) is 66.9 cm³/mol. The summed E-state index contributed by atoms with van der Waals surface area (Å²) in [4.78, 5) is 4.53. The molecule has 2 heteroatoms. The van der Waals surface area contributed by atoms with E-state index in [1.807, 2.05) is 0 Å². The summed E-state index contributed by atoms with van der Waals surface area (Å²) < 4.78 is 0. The van der Waals surface area contributed by atoms with Gasteiger partial charge in [0.2, 0.25) is 0 Å². The topological polar surface area (TPSA) is 24.4 Å². The van der Waals surface area contributed by atoms with E-state index in [0.29, 0.717) is 5.41 Å². The van der Waals surface area contributed by atoms with Gasteiger partial charge in [0.15, 0.2) is 0 Å². The molecule has 3 rings (SSSR count). The lowest BCUT2D eigenvalue weighted by Crippen LogP contribution is -2.39. The first-order valence-electron chi connectivity index (χ1n) is 6.22. The summed E-state index contributed by atoms with van der Waals surface area (Å²) in [6.45, 7) is 1.99. The molecular formula is C14H18N2. The third-order valence-electron chi connectivity index (χ3n) is 3.95. The quantitative estimate of drug-likeness (QED) is 0.821. The number of nitrogens with zero attached hydrogens (tertiary/aromatic N) is 1. The minimum atomic E-state index is 0.386. The van der Waals surface area contributed by atoms with Crippen molar-refractivity contribution in [2.45, 2.75) is 31.1 Å². The number of amidine groups is 1. The van der Waals surface area contributed by atoms with Crippen LogP contribution in [0.25, 0.3) is 0 Å². The van der Waals surface area contributed by atoms with Crippen LogP contribution in [-0.2, 0) is 5.41 Å². The Bertz CT molecular complexity index is 390. The Morgan fingerprint density at radius 1 is 1.19 bits per heavy atom. The zero-order valence-corrected chi connectivity index (χ0v) is 9.58. The van der Waals surface area contributed by atoms with Gasteiger partial charge in [-0.3, -0.25) is 4.99 Å². The van der Waals surface area contributed by atoms with Gasteiger partial charge in [-0.25, -0.2) is 0 Å². The van der Waals surface area contributed by atoms with Crippen molar-refractivity contribution in [2.75, 3.05) is 13.1 Å². The molecule has 1 aliphatic heterocycles. The van der Waals surface area contributed by atoms with Crippen LogP contribution in [0.3, 0.4) is 0 Å². The molecule has 0 bridgehead atoms. The first-order valence-corrected chi connectivity index (χ1v) is 6.22. The van der Waals surface area contributed by atoms with Crippen molar-refractivity contribution in [3.05, 3.63) is 35.9 Å². The van der Waals surface area contributed by atoms with Crippen molar-refractivity contribution >= 4 is 5.84 Å². The summed E-state index contributed by atoms with van der Waals surface area (Å²) in [6, 6.07) is 10.9. The molecule has 0 atom stereocenters. The van der Waals surface area contributed by atoms with Crippen LogP contribution in [0.5, 0.6) is 0 Å². The zero-order chi connectivity index (χ0) is 10.8. The van der Waals surface area contributed by atoms with Crippen molar-refractivity contribution in [3.63, 3.8) is 0 Å². The zero-order valence-electron chi connectivity index (χ0n) is 9.58. The summed E-state index contributed by atoms with van der Waals surface area (Å²) in [5.41, 5.74) is 1.88. The fourth-order valence-corrected chi connectivity index (χ4v) is 2.85. The molecule has 1 fully saturated rings. The van der Waals surface area contributed by atoms with Crippen LogP contribution >= 0.6 is 0 Å². The average molecular weight is 214 g/mol. The largest absolute Gasteiger partial charge is 0.372 e. The van der Waals surface area contributed by atoms with Gasteiger partial charge in [-0.15, -0.1) is 0 Å². The second-order valence-electron chi connectivity index (χ2n) is 4.93. The van der Waals surface area contributed by atoms with E-state index < -0.39 is 0 Å². The minimum Gasteiger partial charge on any atom is -0.372 e. The van der Waals surface area contributed by atoms with E-state index in [4.69, 9.17) is 0 Å². The Labute approximate surface area is 96.8 Å². The van der Waals surface area contributed by atoms with Crippen molar-refractivity contribution in [2.24, 2.45) is 4.99 Å². The number of aliphatic imine (C=N–C) groups is 1. The summed E-state index contributed by atoms with van der Waals surface area (Å²) in [5.74, 6) is 1.23. The van der Waals surface area contributed by atoms with Crippen molar-refractivity contribution in [1.82, 2.24) is 5.32 Å². The molecule has 0 radical (unpaired) electrons. The summed E-state index contributed by atoms with van der Waals surface area (Å²) >= 11 is 0. The first-order chi connectivity index (χ1) is 7.89. The molecule has 0 saturated heterocycles. The lowest BCUT2D eigenvalue weighted by molar-refractivity contribution is 0.252. The highest BCUT2D eigenvalue weighted by Gasteiger charge is 2.39. The predicted octanol–water partition coefficient (Wildman–Crippen LogP) is 2.50. The van der Waals surface area contributed by atoms with Crippen LogP contribution in [0.2, 0.25) is 0 Å². The van der Waals surface area contributed by atoms with Crippen molar-refractivity contribution in [1.29, 1.82) is 0 Å². The molecule has 1 N–H and O–H groups in total. The van der Waals surface area contributed by atoms with Gasteiger partial charge >= 0.3 is 0 Å². The molecule has 1 saturated carbocycles. The molecule has 0 amide bonds. The highest BCUT2D eigenvalue weighted by molar-refractivity contribution is 5.85. The van der Waals surface area contributed by atoms with Crippen LogP contribution in [0.4, 0.5) is 0 Å². The van der Waals surface area contributed by atoms with Crippen molar-refractivity contribution in [3.8, 4) is 0 Å². The van der Waals surface area contributed by atoms with Gasteiger partial charge in [0, 0.05) is 18.4 Å². The van der Waals surface area contributed by atoms with Crippen LogP contribution in [-0.4, -0.2) is 18.9 Å².